The van der Waals surface area contributed by atoms with E-state index in [1.54, 1.807) is 13.0 Å². The number of nitro benzene ring substituents is 1. The van der Waals surface area contributed by atoms with Gasteiger partial charge < -0.3 is 9.84 Å². The summed E-state index contributed by atoms with van der Waals surface area (Å²) in [5, 5.41) is 20.4. The van der Waals surface area contributed by atoms with Gasteiger partial charge in [0.05, 0.1) is 17.6 Å². The fourth-order valence-corrected chi connectivity index (χ4v) is 1.57. The fraction of sp³-hybridized carbons (Fsp3) is 0.571. The smallest absolute Gasteiger partial charge is 0.270 e. The van der Waals surface area contributed by atoms with Crippen molar-refractivity contribution in [2.45, 2.75) is 40.2 Å². The van der Waals surface area contributed by atoms with E-state index in [9.17, 15) is 15.2 Å². The predicted octanol–water partition coefficient (Wildman–Crippen LogP) is 3.46. The van der Waals surface area contributed by atoms with Crippen LogP contribution in [0.1, 0.15) is 45.8 Å². The van der Waals surface area contributed by atoms with E-state index in [4.69, 9.17) is 4.74 Å². The number of benzene rings is 1. The summed E-state index contributed by atoms with van der Waals surface area (Å²) in [7, 11) is 0. The topological polar surface area (TPSA) is 72.6 Å². The second-order valence-electron chi connectivity index (χ2n) is 5.81. The first kappa shape index (κ1) is 15.4. The summed E-state index contributed by atoms with van der Waals surface area (Å²) >= 11 is 0. The van der Waals surface area contributed by atoms with Gasteiger partial charge in [0.15, 0.2) is 0 Å². The van der Waals surface area contributed by atoms with Crippen LogP contribution in [0.15, 0.2) is 18.2 Å². The Morgan fingerprint density at radius 3 is 2.53 bits per heavy atom. The number of non-ortho nitro benzene ring substituents is 1. The van der Waals surface area contributed by atoms with Crippen LogP contribution in [0, 0.1) is 15.5 Å². The van der Waals surface area contributed by atoms with E-state index in [0.717, 1.165) is 6.42 Å². The van der Waals surface area contributed by atoms with Gasteiger partial charge in [-0.3, -0.25) is 10.1 Å². The van der Waals surface area contributed by atoms with E-state index in [-0.39, 0.29) is 11.1 Å². The van der Waals surface area contributed by atoms with E-state index < -0.39 is 11.0 Å². The van der Waals surface area contributed by atoms with Gasteiger partial charge in [-0.05, 0) is 24.8 Å². The second kappa shape index (κ2) is 6.02. The van der Waals surface area contributed by atoms with Crippen molar-refractivity contribution in [3.05, 3.63) is 33.9 Å². The molecule has 19 heavy (non-hydrogen) atoms. The molecule has 0 fully saturated rings. The number of hydrogen-bond donors (Lipinski definition) is 1. The van der Waals surface area contributed by atoms with E-state index in [1.165, 1.54) is 12.1 Å². The Morgan fingerprint density at radius 1 is 1.42 bits per heavy atom. The normalized spacial score (nSPS) is 13.1. The van der Waals surface area contributed by atoms with Crippen LogP contribution in [0.25, 0.3) is 0 Å². The third kappa shape index (κ3) is 4.87. The number of ether oxygens (including phenoxy) is 1. The number of hydrogen-bond acceptors (Lipinski definition) is 4. The number of nitrogens with zero attached hydrogens (tertiary/aromatic N) is 1. The van der Waals surface area contributed by atoms with E-state index >= 15 is 0 Å². The molecule has 1 atom stereocenters. The van der Waals surface area contributed by atoms with Crippen LogP contribution >= 0.6 is 0 Å². The zero-order chi connectivity index (χ0) is 14.6. The number of aliphatic hydroxyl groups is 1. The van der Waals surface area contributed by atoms with Crippen LogP contribution in [0.5, 0.6) is 5.75 Å². The van der Waals surface area contributed by atoms with Crippen molar-refractivity contribution in [2.24, 2.45) is 5.41 Å². The predicted molar refractivity (Wildman–Crippen MR) is 73.3 cm³/mol. The van der Waals surface area contributed by atoms with E-state index in [2.05, 4.69) is 20.8 Å². The van der Waals surface area contributed by atoms with Crippen molar-refractivity contribution in [1.29, 1.82) is 0 Å². The SMILES string of the molecule is CC(O)c1cc([N+](=O)[O-])ccc1OCCC(C)(C)C. The van der Waals surface area contributed by atoms with Crippen molar-refractivity contribution in [3.8, 4) is 5.75 Å². The summed E-state index contributed by atoms with van der Waals surface area (Å²) in [6.45, 7) is 8.42. The fourth-order valence-electron chi connectivity index (χ4n) is 1.57. The molecule has 0 spiro atoms. The summed E-state index contributed by atoms with van der Waals surface area (Å²) in [5.41, 5.74) is 0.563. The molecule has 5 heteroatoms. The first-order valence-electron chi connectivity index (χ1n) is 6.30. The van der Waals surface area contributed by atoms with Gasteiger partial charge in [0.1, 0.15) is 5.75 Å². The molecule has 0 aromatic heterocycles. The maximum atomic E-state index is 10.7. The highest BCUT2D eigenvalue weighted by molar-refractivity contribution is 5.44. The van der Waals surface area contributed by atoms with Crippen molar-refractivity contribution >= 4 is 5.69 Å². The third-order valence-electron chi connectivity index (χ3n) is 2.76. The van der Waals surface area contributed by atoms with Gasteiger partial charge in [-0.25, -0.2) is 0 Å². The summed E-state index contributed by atoms with van der Waals surface area (Å²) < 4.78 is 5.63. The van der Waals surface area contributed by atoms with Gasteiger partial charge in [0.2, 0.25) is 0 Å². The lowest BCUT2D eigenvalue weighted by Gasteiger charge is -2.19. The molecule has 0 radical (unpaired) electrons. The molecule has 1 N–H and O–H groups in total. The Hall–Kier alpha value is -1.62. The molecule has 5 nitrogen and oxygen atoms in total. The lowest BCUT2D eigenvalue weighted by Crippen LogP contribution is -2.12. The summed E-state index contributed by atoms with van der Waals surface area (Å²) in [4.78, 5) is 10.2. The van der Waals surface area contributed by atoms with Crippen LogP contribution in [0.2, 0.25) is 0 Å². The highest BCUT2D eigenvalue weighted by atomic mass is 16.6. The molecular weight excluding hydrogens is 246 g/mol. The molecule has 106 valence electrons. The van der Waals surface area contributed by atoms with E-state index in [0.29, 0.717) is 17.9 Å². The maximum Gasteiger partial charge on any atom is 0.270 e. The minimum Gasteiger partial charge on any atom is -0.493 e. The maximum absolute atomic E-state index is 10.7. The van der Waals surface area contributed by atoms with Crippen molar-refractivity contribution in [1.82, 2.24) is 0 Å². The molecule has 0 saturated heterocycles. The molecular formula is C14H21NO4. The van der Waals surface area contributed by atoms with Gasteiger partial charge in [-0.15, -0.1) is 0 Å². The quantitative estimate of drug-likeness (QED) is 0.655. The monoisotopic (exact) mass is 267 g/mol. The Bertz CT molecular complexity index is 449. The Balaban J connectivity index is 2.85. The van der Waals surface area contributed by atoms with Crippen LogP contribution in [0.4, 0.5) is 5.69 Å². The molecule has 0 aliphatic heterocycles. The van der Waals surface area contributed by atoms with Crippen LogP contribution < -0.4 is 4.74 Å². The van der Waals surface area contributed by atoms with Gasteiger partial charge in [0, 0.05) is 17.7 Å². The molecule has 0 aliphatic carbocycles. The first-order valence-corrected chi connectivity index (χ1v) is 6.30. The second-order valence-corrected chi connectivity index (χ2v) is 5.81. The van der Waals surface area contributed by atoms with Crippen LogP contribution in [-0.2, 0) is 0 Å². The highest BCUT2D eigenvalue weighted by Gasteiger charge is 2.16. The highest BCUT2D eigenvalue weighted by Crippen LogP contribution is 2.30. The average Bonchev–Trinajstić information content (AvgIpc) is 2.27. The molecule has 0 heterocycles. The molecule has 0 aliphatic rings. The summed E-state index contributed by atoms with van der Waals surface area (Å²) in [5.74, 6) is 0.504. The number of nitro groups is 1. The van der Waals surface area contributed by atoms with Gasteiger partial charge in [-0.2, -0.15) is 0 Å². The van der Waals surface area contributed by atoms with Crippen molar-refractivity contribution in [3.63, 3.8) is 0 Å². The number of rotatable bonds is 5. The summed E-state index contributed by atoms with van der Waals surface area (Å²) in [6, 6.07) is 4.29. The molecule has 1 unspecified atom stereocenters. The molecule has 0 saturated carbocycles. The zero-order valence-electron chi connectivity index (χ0n) is 11.8. The largest absolute Gasteiger partial charge is 0.493 e. The minimum atomic E-state index is -0.801. The lowest BCUT2D eigenvalue weighted by atomic mass is 9.93. The van der Waals surface area contributed by atoms with Gasteiger partial charge in [-0.1, -0.05) is 20.8 Å². The van der Waals surface area contributed by atoms with E-state index in [1.807, 2.05) is 0 Å². The molecule has 0 amide bonds. The Kier molecular flexibility index (Phi) is 4.89. The Morgan fingerprint density at radius 2 is 2.05 bits per heavy atom. The molecule has 1 rings (SSSR count). The zero-order valence-corrected chi connectivity index (χ0v) is 11.8. The van der Waals surface area contributed by atoms with Gasteiger partial charge in [0.25, 0.3) is 5.69 Å². The minimum absolute atomic E-state index is 0.0425. The molecule has 0 bridgehead atoms. The van der Waals surface area contributed by atoms with Gasteiger partial charge >= 0.3 is 0 Å². The first-order chi connectivity index (χ1) is 8.70. The Labute approximate surface area is 113 Å². The van der Waals surface area contributed by atoms with Crippen molar-refractivity contribution < 1.29 is 14.8 Å². The van der Waals surface area contributed by atoms with Crippen LogP contribution in [-0.4, -0.2) is 16.6 Å². The van der Waals surface area contributed by atoms with Crippen molar-refractivity contribution in [2.75, 3.05) is 6.61 Å². The van der Waals surface area contributed by atoms with Crippen LogP contribution in [0.3, 0.4) is 0 Å². The average molecular weight is 267 g/mol. The number of aliphatic hydroxyl groups excluding tert-OH is 1. The standard InChI is InChI=1S/C14H21NO4/c1-10(16)12-9-11(15(17)18)5-6-13(12)19-8-7-14(2,3)4/h5-6,9-10,16H,7-8H2,1-4H3. The lowest BCUT2D eigenvalue weighted by molar-refractivity contribution is -0.385. The molecule has 1 aromatic carbocycles. The molecule has 1 aromatic rings. The third-order valence-corrected chi connectivity index (χ3v) is 2.76. The summed E-state index contributed by atoms with van der Waals surface area (Å²) in [6.07, 6.45) is 0.0630.